The zero-order chi connectivity index (χ0) is 17.2. The highest BCUT2D eigenvalue weighted by Crippen LogP contribution is 2.21. The van der Waals surface area contributed by atoms with Crippen LogP contribution in [0.15, 0.2) is 22.8 Å². The molecule has 2 aromatic heterocycles. The first-order valence-electron chi connectivity index (χ1n) is 7.17. The van der Waals surface area contributed by atoms with Crippen LogP contribution in [0.5, 0.6) is 0 Å². The molecule has 0 saturated carbocycles. The Labute approximate surface area is 142 Å². The fraction of sp³-hybridized carbons (Fsp3) is 0.400. The van der Waals surface area contributed by atoms with Crippen molar-refractivity contribution < 1.29 is 14.3 Å². The van der Waals surface area contributed by atoms with Crippen LogP contribution in [0.25, 0.3) is 5.65 Å². The summed E-state index contributed by atoms with van der Waals surface area (Å²) in [4.78, 5) is 28.6. The second kappa shape index (κ2) is 6.57. The van der Waals surface area contributed by atoms with E-state index in [0.29, 0.717) is 12.2 Å². The molecule has 2 amide bonds. The third kappa shape index (κ3) is 4.22. The molecule has 8 heteroatoms. The Kier molecular flexibility index (Phi) is 4.93. The standard InChI is InChI=1S/C15H19BrN4O3/c1-5-17-13(21)11-12(19-14(22)23-15(2,3)4)18-10-8-9(16)6-7-20(10)11/h6-8H,5H2,1-4H3,(H,17,21)(H,19,22). The molecule has 2 N–H and O–H groups in total. The largest absolute Gasteiger partial charge is 0.444 e. The molecule has 7 nitrogen and oxygen atoms in total. The Morgan fingerprint density at radius 1 is 1.39 bits per heavy atom. The van der Waals surface area contributed by atoms with E-state index in [1.165, 1.54) is 0 Å². The van der Waals surface area contributed by atoms with Gasteiger partial charge in [0.2, 0.25) is 0 Å². The van der Waals surface area contributed by atoms with Crippen LogP contribution in [0.4, 0.5) is 10.6 Å². The van der Waals surface area contributed by atoms with Gasteiger partial charge in [0.15, 0.2) is 11.5 Å². The number of rotatable bonds is 3. The van der Waals surface area contributed by atoms with E-state index in [9.17, 15) is 9.59 Å². The Bertz CT molecular complexity index is 749. The maximum absolute atomic E-state index is 12.3. The average Bonchev–Trinajstić information content (AvgIpc) is 2.73. The molecule has 0 saturated heterocycles. The number of amides is 2. The normalized spacial score (nSPS) is 11.3. The van der Waals surface area contributed by atoms with Gasteiger partial charge in [-0.1, -0.05) is 15.9 Å². The van der Waals surface area contributed by atoms with Crippen LogP contribution in [-0.4, -0.2) is 33.5 Å². The lowest BCUT2D eigenvalue weighted by atomic mass is 10.2. The van der Waals surface area contributed by atoms with Crippen molar-refractivity contribution in [2.45, 2.75) is 33.3 Å². The van der Waals surface area contributed by atoms with Gasteiger partial charge < -0.3 is 10.1 Å². The van der Waals surface area contributed by atoms with Gasteiger partial charge in [-0.15, -0.1) is 0 Å². The van der Waals surface area contributed by atoms with E-state index >= 15 is 0 Å². The Balaban J connectivity index is 2.43. The first kappa shape index (κ1) is 17.3. The van der Waals surface area contributed by atoms with Gasteiger partial charge in [-0.3, -0.25) is 14.5 Å². The van der Waals surface area contributed by atoms with Gasteiger partial charge >= 0.3 is 6.09 Å². The van der Waals surface area contributed by atoms with Crippen molar-refractivity contribution in [1.29, 1.82) is 0 Å². The summed E-state index contributed by atoms with van der Waals surface area (Å²) in [6, 6.07) is 3.54. The zero-order valence-corrected chi connectivity index (χ0v) is 15.0. The molecule has 0 atom stereocenters. The molecule has 0 radical (unpaired) electrons. The molecule has 2 aromatic rings. The molecular formula is C15H19BrN4O3. The van der Waals surface area contributed by atoms with Crippen LogP contribution in [-0.2, 0) is 4.74 Å². The van der Waals surface area contributed by atoms with Gasteiger partial charge in [0.05, 0.1) is 0 Å². The van der Waals surface area contributed by atoms with Gasteiger partial charge in [0, 0.05) is 17.2 Å². The summed E-state index contributed by atoms with van der Waals surface area (Å²) in [6.45, 7) is 7.57. The number of nitrogens with zero attached hydrogens (tertiary/aromatic N) is 2. The summed E-state index contributed by atoms with van der Waals surface area (Å²) in [5.41, 5.74) is 0.143. The molecule has 23 heavy (non-hydrogen) atoms. The van der Waals surface area contributed by atoms with Crippen LogP contribution in [0.3, 0.4) is 0 Å². The number of ether oxygens (including phenoxy) is 1. The van der Waals surface area contributed by atoms with E-state index in [-0.39, 0.29) is 17.4 Å². The lowest BCUT2D eigenvalue weighted by Gasteiger charge is -2.19. The Morgan fingerprint density at radius 3 is 2.70 bits per heavy atom. The monoisotopic (exact) mass is 382 g/mol. The number of carbonyl (C=O) groups is 2. The quantitative estimate of drug-likeness (QED) is 0.853. The minimum absolute atomic E-state index is 0.156. The van der Waals surface area contributed by atoms with E-state index in [1.54, 1.807) is 43.5 Å². The molecule has 0 aliphatic heterocycles. The molecule has 2 rings (SSSR count). The molecule has 0 aliphatic rings. The van der Waals surface area contributed by atoms with Crippen LogP contribution in [0.2, 0.25) is 0 Å². The van der Waals surface area contributed by atoms with Crippen LogP contribution >= 0.6 is 15.9 Å². The number of hydrogen-bond donors (Lipinski definition) is 2. The first-order valence-corrected chi connectivity index (χ1v) is 7.96. The Morgan fingerprint density at radius 2 is 2.09 bits per heavy atom. The summed E-state index contributed by atoms with van der Waals surface area (Å²) in [7, 11) is 0. The summed E-state index contributed by atoms with van der Waals surface area (Å²) in [5.74, 6) is -0.170. The van der Waals surface area contributed by atoms with E-state index < -0.39 is 11.7 Å². The van der Waals surface area contributed by atoms with Gasteiger partial charge in [0.25, 0.3) is 5.91 Å². The second-order valence-electron chi connectivity index (χ2n) is 5.87. The molecule has 124 valence electrons. The number of imidazole rings is 1. The van der Waals surface area contributed by atoms with Gasteiger partial charge in [-0.05, 0) is 39.8 Å². The SMILES string of the molecule is CCNC(=O)c1c(NC(=O)OC(C)(C)C)nc2cc(Br)ccn12. The summed E-state index contributed by atoms with van der Waals surface area (Å²) < 4.78 is 7.65. The predicted molar refractivity (Wildman–Crippen MR) is 90.8 cm³/mol. The van der Waals surface area contributed by atoms with Crippen molar-refractivity contribution in [2.24, 2.45) is 0 Å². The lowest BCUT2D eigenvalue weighted by Crippen LogP contribution is -2.29. The predicted octanol–water partition coefficient (Wildman–Crippen LogP) is 3.19. The number of aromatic nitrogens is 2. The van der Waals surface area contributed by atoms with Gasteiger partial charge in [-0.2, -0.15) is 0 Å². The second-order valence-corrected chi connectivity index (χ2v) is 6.78. The molecule has 0 unspecified atom stereocenters. The highest BCUT2D eigenvalue weighted by molar-refractivity contribution is 9.10. The third-order valence-electron chi connectivity index (χ3n) is 2.76. The van der Waals surface area contributed by atoms with Crippen molar-refractivity contribution in [2.75, 3.05) is 11.9 Å². The minimum atomic E-state index is -0.662. The molecule has 0 spiro atoms. The van der Waals surface area contributed by atoms with Crippen molar-refractivity contribution in [3.05, 3.63) is 28.5 Å². The first-order chi connectivity index (χ1) is 10.7. The van der Waals surface area contributed by atoms with Crippen LogP contribution in [0, 0.1) is 0 Å². The summed E-state index contributed by atoms with van der Waals surface area (Å²) in [5, 5.41) is 5.26. The molecular weight excluding hydrogens is 364 g/mol. The summed E-state index contributed by atoms with van der Waals surface area (Å²) in [6.07, 6.45) is 1.04. The van der Waals surface area contributed by atoms with Crippen molar-refractivity contribution in [3.63, 3.8) is 0 Å². The van der Waals surface area contributed by atoms with E-state index in [2.05, 4.69) is 31.5 Å². The van der Waals surface area contributed by atoms with E-state index in [0.717, 1.165) is 4.47 Å². The van der Waals surface area contributed by atoms with Crippen molar-refractivity contribution in [1.82, 2.24) is 14.7 Å². The Hall–Kier alpha value is -2.09. The summed E-state index contributed by atoms with van der Waals surface area (Å²) >= 11 is 3.36. The number of anilines is 1. The highest BCUT2D eigenvalue weighted by atomic mass is 79.9. The molecule has 0 aliphatic carbocycles. The molecule has 0 aromatic carbocycles. The number of carbonyl (C=O) groups excluding carboxylic acids is 2. The maximum Gasteiger partial charge on any atom is 0.413 e. The smallest absolute Gasteiger partial charge is 0.413 e. The number of fused-ring (bicyclic) bond motifs is 1. The van der Waals surface area contributed by atoms with Gasteiger partial charge in [0.1, 0.15) is 11.2 Å². The van der Waals surface area contributed by atoms with E-state index in [1.807, 2.05) is 6.92 Å². The third-order valence-corrected chi connectivity index (χ3v) is 3.25. The number of halogens is 1. The highest BCUT2D eigenvalue weighted by Gasteiger charge is 2.23. The van der Waals surface area contributed by atoms with Crippen LogP contribution in [0.1, 0.15) is 38.2 Å². The van der Waals surface area contributed by atoms with Crippen molar-refractivity contribution >= 4 is 39.4 Å². The van der Waals surface area contributed by atoms with Gasteiger partial charge in [-0.25, -0.2) is 9.78 Å². The molecule has 0 bridgehead atoms. The number of hydrogen-bond acceptors (Lipinski definition) is 4. The van der Waals surface area contributed by atoms with Crippen molar-refractivity contribution in [3.8, 4) is 0 Å². The topological polar surface area (TPSA) is 84.7 Å². The molecule has 2 heterocycles. The number of pyridine rings is 1. The van der Waals surface area contributed by atoms with E-state index in [4.69, 9.17) is 4.74 Å². The fourth-order valence-corrected chi connectivity index (χ4v) is 2.29. The van der Waals surface area contributed by atoms with Crippen LogP contribution < -0.4 is 10.6 Å². The maximum atomic E-state index is 12.3. The lowest BCUT2D eigenvalue weighted by molar-refractivity contribution is 0.0635. The minimum Gasteiger partial charge on any atom is -0.444 e. The fourth-order valence-electron chi connectivity index (χ4n) is 1.97. The zero-order valence-electron chi connectivity index (χ0n) is 13.4. The number of nitrogens with one attached hydrogen (secondary N) is 2. The average molecular weight is 383 g/mol. The molecule has 0 fully saturated rings.